The molecule has 244 valence electrons. The summed E-state index contributed by atoms with van der Waals surface area (Å²) < 4.78 is 79.9. The third-order valence-electron chi connectivity index (χ3n) is 11.1. The lowest BCUT2D eigenvalue weighted by Crippen LogP contribution is -2.14. The molecule has 0 bridgehead atoms. The average molecular weight is 671 g/mol. The third kappa shape index (κ3) is 4.11. The van der Waals surface area contributed by atoms with Crippen LogP contribution >= 0.6 is 0 Å². The van der Waals surface area contributed by atoms with E-state index in [9.17, 15) is 5.48 Å². The van der Waals surface area contributed by atoms with Crippen LogP contribution in [0.3, 0.4) is 0 Å². The summed E-state index contributed by atoms with van der Waals surface area (Å²) in [6, 6.07) is 37.2. The first kappa shape index (κ1) is 22.4. The molecule has 1 nitrogen and oxygen atoms in total. The van der Waals surface area contributed by atoms with Gasteiger partial charge in [-0.05, 0) is 118 Å². The van der Waals surface area contributed by atoms with Crippen molar-refractivity contribution in [1.82, 2.24) is 0 Å². The van der Waals surface area contributed by atoms with Crippen molar-refractivity contribution in [2.24, 2.45) is 0 Å². The van der Waals surface area contributed by atoms with Crippen LogP contribution in [-0.4, -0.2) is 0 Å². The van der Waals surface area contributed by atoms with Gasteiger partial charge in [-0.3, -0.25) is 0 Å². The molecule has 9 aromatic carbocycles. The van der Waals surface area contributed by atoms with Crippen molar-refractivity contribution in [2.45, 2.75) is 19.3 Å². The lowest BCUT2D eigenvalue weighted by Gasteiger charge is -2.21. The molecule has 52 heavy (non-hydrogen) atoms. The Bertz CT molecular complexity index is 3480. The summed E-state index contributed by atoms with van der Waals surface area (Å²) in [5, 5.41) is 4.37. The van der Waals surface area contributed by atoms with Crippen LogP contribution in [0.25, 0.3) is 98.8 Å². The molecule has 0 radical (unpaired) electrons. The maximum absolute atomic E-state index is 9.48. The molecule has 10 aromatic rings. The van der Waals surface area contributed by atoms with Gasteiger partial charge in [0.15, 0.2) is 0 Å². The van der Waals surface area contributed by atoms with Gasteiger partial charge in [-0.15, -0.1) is 0 Å². The molecule has 0 unspecified atom stereocenters. The van der Waals surface area contributed by atoms with Gasteiger partial charge in [-0.25, -0.2) is 0 Å². The molecule has 11 rings (SSSR count). The molecule has 0 aliphatic heterocycles. The number of fused-ring (bicyclic) bond motifs is 10. The highest BCUT2D eigenvalue weighted by Crippen LogP contribution is 2.50. The molecule has 0 spiro atoms. The smallest absolute Gasteiger partial charge is 0.136 e. The van der Waals surface area contributed by atoms with Crippen molar-refractivity contribution in [3.63, 3.8) is 0 Å². The minimum absolute atomic E-state index is 0.165. The lowest BCUT2D eigenvalue weighted by atomic mass is 9.82. The topological polar surface area (TPSA) is 13.1 Å². The lowest BCUT2D eigenvalue weighted by molar-refractivity contribution is 0.660. The van der Waals surface area contributed by atoms with Gasteiger partial charge in [0.1, 0.15) is 11.2 Å². The second-order valence-corrected chi connectivity index (χ2v) is 14.2. The minimum Gasteiger partial charge on any atom is -0.456 e. The summed E-state index contributed by atoms with van der Waals surface area (Å²) in [7, 11) is 0. The summed E-state index contributed by atoms with van der Waals surface area (Å²) in [6.45, 7) is 4.47. The second kappa shape index (κ2) is 10.8. The second-order valence-electron chi connectivity index (χ2n) is 14.2. The van der Waals surface area contributed by atoms with Crippen LogP contribution in [0.4, 0.5) is 0 Å². The number of furan rings is 1. The van der Waals surface area contributed by atoms with Gasteiger partial charge in [0.25, 0.3) is 0 Å². The average Bonchev–Trinajstić information content (AvgIpc) is 3.76. The molecule has 1 heterocycles. The Morgan fingerprint density at radius 1 is 0.442 bits per heavy atom. The molecule has 1 aliphatic carbocycles. The van der Waals surface area contributed by atoms with Crippen molar-refractivity contribution in [3.05, 3.63) is 181 Å². The maximum atomic E-state index is 9.48. The summed E-state index contributed by atoms with van der Waals surface area (Å²) in [6.07, 6.45) is 0. The Morgan fingerprint density at radius 2 is 1.04 bits per heavy atom. The van der Waals surface area contributed by atoms with E-state index in [1.165, 1.54) is 16.7 Å². The molecular weight excluding hydrogens is 629 g/mol. The van der Waals surface area contributed by atoms with E-state index in [1.54, 1.807) is 6.07 Å². The van der Waals surface area contributed by atoms with Crippen molar-refractivity contribution in [3.8, 4) is 44.5 Å². The molecular formula is C51H34O. The quantitative estimate of drug-likeness (QED) is 0.171. The first-order chi connectivity index (χ1) is 28.9. The Balaban J connectivity index is 1.25. The van der Waals surface area contributed by atoms with E-state index < -0.39 is 24.2 Å². The van der Waals surface area contributed by atoms with Crippen LogP contribution in [0.1, 0.15) is 35.9 Å². The Kier molecular flexibility index (Phi) is 4.64. The van der Waals surface area contributed by atoms with Crippen LogP contribution in [0.2, 0.25) is 0 Å². The zero-order valence-electron chi connectivity index (χ0n) is 36.5. The Hall–Kier alpha value is -6.44. The van der Waals surface area contributed by atoms with Crippen molar-refractivity contribution < 1.29 is 15.4 Å². The number of hydrogen-bond acceptors (Lipinski definition) is 1. The summed E-state index contributed by atoms with van der Waals surface area (Å²) >= 11 is 0. The van der Waals surface area contributed by atoms with E-state index >= 15 is 0 Å². The summed E-state index contributed by atoms with van der Waals surface area (Å²) in [5.74, 6) is 0. The van der Waals surface area contributed by atoms with Crippen molar-refractivity contribution in [1.29, 1.82) is 0 Å². The maximum Gasteiger partial charge on any atom is 0.136 e. The van der Waals surface area contributed by atoms with Gasteiger partial charge < -0.3 is 4.42 Å². The first-order valence-corrected chi connectivity index (χ1v) is 17.5. The minimum atomic E-state index is -0.434. The predicted molar refractivity (Wildman–Crippen MR) is 220 cm³/mol. The van der Waals surface area contributed by atoms with E-state index in [0.717, 1.165) is 38.2 Å². The fourth-order valence-electron chi connectivity index (χ4n) is 8.66. The van der Waals surface area contributed by atoms with Gasteiger partial charge in [0, 0.05) is 16.2 Å². The molecule has 0 N–H and O–H groups in total. The van der Waals surface area contributed by atoms with Gasteiger partial charge in [-0.2, -0.15) is 0 Å². The summed E-state index contributed by atoms with van der Waals surface area (Å²) in [4.78, 5) is 0. The van der Waals surface area contributed by atoms with E-state index in [1.807, 2.05) is 72.8 Å². The fraction of sp³-hybridized carbons (Fsp3) is 0.0588. The standard InChI is InChI=1S/C51H34O/c1-51(2)44-21-10-9-16-37(44)42-29-33(22-25-45(42)51)32-13-11-14-34(28-32)48-38-17-5-7-19-40(38)49(41-20-8-6-18-39(41)48)35-24-26-46-43(30-35)50-36-15-4-3-12-31(36)23-27-47(50)52-46/h3-30H,1-2H3/i5D,6D,7D,8D,17D,18D,19D,20D. The number of hydrogen-bond donors (Lipinski definition) is 0. The third-order valence-corrected chi connectivity index (χ3v) is 11.1. The SMILES string of the molecule is [2H]c1c([2H])c([2H])c2c(-c3ccc4oc5ccc6ccccc6c5c4c3)c3c([2H])c([2H])c([2H])c([2H])c3c(-c3cccc(-c4ccc5c(c4)-c4ccccc4C5(C)C)c3)c2c1[2H]. The van der Waals surface area contributed by atoms with Gasteiger partial charge >= 0.3 is 0 Å². The molecule has 0 saturated heterocycles. The highest BCUT2D eigenvalue weighted by molar-refractivity contribution is 6.23. The van der Waals surface area contributed by atoms with Crippen LogP contribution in [0.5, 0.6) is 0 Å². The largest absolute Gasteiger partial charge is 0.456 e. The normalized spacial score (nSPS) is 15.5. The molecule has 0 saturated carbocycles. The number of benzene rings is 9. The summed E-state index contributed by atoms with van der Waals surface area (Å²) in [5.41, 5.74) is 9.49. The number of rotatable bonds is 3. The molecule has 0 fully saturated rings. The van der Waals surface area contributed by atoms with Gasteiger partial charge in [0.05, 0.1) is 11.0 Å². The van der Waals surface area contributed by atoms with E-state index in [4.69, 9.17) is 9.90 Å². The zero-order chi connectivity index (χ0) is 41.5. The monoisotopic (exact) mass is 670 g/mol. The molecule has 1 aliphatic rings. The molecule has 1 heteroatoms. The van der Waals surface area contributed by atoms with Gasteiger partial charge in [-0.1, -0.05) is 153 Å². The molecule has 1 aromatic heterocycles. The first-order valence-electron chi connectivity index (χ1n) is 21.5. The van der Waals surface area contributed by atoms with Crippen molar-refractivity contribution in [2.75, 3.05) is 0 Å². The zero-order valence-corrected chi connectivity index (χ0v) is 28.5. The van der Waals surface area contributed by atoms with E-state index in [-0.39, 0.29) is 51.1 Å². The highest BCUT2D eigenvalue weighted by atomic mass is 16.3. The Morgan fingerprint density at radius 3 is 1.81 bits per heavy atom. The van der Waals surface area contributed by atoms with E-state index in [2.05, 4.69) is 56.3 Å². The van der Waals surface area contributed by atoms with Crippen LogP contribution in [0.15, 0.2) is 174 Å². The molecule has 0 amide bonds. The van der Waals surface area contributed by atoms with Crippen LogP contribution in [0, 0.1) is 0 Å². The molecule has 0 atom stereocenters. The highest BCUT2D eigenvalue weighted by Gasteiger charge is 2.35. The van der Waals surface area contributed by atoms with Crippen LogP contribution in [-0.2, 0) is 5.41 Å². The van der Waals surface area contributed by atoms with Crippen molar-refractivity contribution >= 4 is 54.3 Å². The predicted octanol–water partition coefficient (Wildman–Crippen LogP) is 14.4. The van der Waals surface area contributed by atoms with Gasteiger partial charge in [0.2, 0.25) is 0 Å². The van der Waals surface area contributed by atoms with Crippen LogP contribution < -0.4 is 0 Å². The van der Waals surface area contributed by atoms with E-state index in [0.29, 0.717) is 33.4 Å². The Labute approximate surface area is 313 Å². The fourth-order valence-corrected chi connectivity index (χ4v) is 8.66.